The van der Waals surface area contributed by atoms with Gasteiger partial charge in [-0.1, -0.05) is 0 Å². The van der Waals surface area contributed by atoms with E-state index in [9.17, 15) is 0 Å². The molecule has 0 aromatic carbocycles. The van der Waals surface area contributed by atoms with Crippen LogP contribution >= 0.6 is 0 Å². The molecule has 0 bridgehead atoms. The monoisotopic (exact) mass is 203 g/mol. The minimum atomic E-state index is -0.362. The quantitative estimate of drug-likeness (QED) is 0.783. The largest absolute Gasteiger partial charge is 0.328 e. The molecule has 0 radical (unpaired) electrons. The van der Waals surface area contributed by atoms with Crippen LogP contribution in [0.25, 0.3) is 0 Å². The van der Waals surface area contributed by atoms with E-state index in [1.165, 1.54) is 6.33 Å². The molecule has 2 heterocycles. The van der Waals surface area contributed by atoms with Crippen molar-refractivity contribution >= 4 is 0 Å². The normalized spacial score (nSPS) is 14.8. The second kappa shape index (κ2) is 3.78. The summed E-state index contributed by atoms with van der Waals surface area (Å²) in [5.41, 5.74) is 6.53. The Morgan fingerprint density at radius 1 is 1.33 bits per heavy atom. The van der Waals surface area contributed by atoms with Crippen LogP contribution in [0.2, 0.25) is 0 Å². The summed E-state index contributed by atoms with van der Waals surface area (Å²) in [6.45, 7) is 2.48. The summed E-state index contributed by atoms with van der Waals surface area (Å²) < 4.78 is 1.77. The Labute approximate surface area is 88.0 Å². The molecule has 1 unspecified atom stereocenters. The fraction of sp³-hybridized carbons (Fsp3) is 0.300. The number of hydrogen-bond acceptors (Lipinski definition) is 4. The van der Waals surface area contributed by atoms with E-state index in [0.717, 1.165) is 5.56 Å². The van der Waals surface area contributed by atoms with E-state index in [-0.39, 0.29) is 5.54 Å². The van der Waals surface area contributed by atoms with Crippen molar-refractivity contribution in [3.63, 3.8) is 0 Å². The van der Waals surface area contributed by atoms with Crippen LogP contribution in [-0.2, 0) is 5.54 Å². The van der Waals surface area contributed by atoms with E-state index in [2.05, 4.69) is 15.1 Å². The summed E-state index contributed by atoms with van der Waals surface area (Å²) in [5, 5.41) is 4.14. The highest BCUT2D eigenvalue weighted by molar-refractivity contribution is 5.21. The number of hydrogen-bond donors (Lipinski definition) is 1. The second-order valence-electron chi connectivity index (χ2n) is 3.55. The molecule has 2 aromatic heterocycles. The van der Waals surface area contributed by atoms with E-state index in [4.69, 9.17) is 5.73 Å². The first kappa shape index (κ1) is 9.79. The molecule has 0 spiro atoms. The van der Waals surface area contributed by atoms with Gasteiger partial charge in [-0.15, -0.1) is 0 Å². The third-order valence-corrected chi connectivity index (χ3v) is 2.62. The zero-order chi connectivity index (χ0) is 10.7. The van der Waals surface area contributed by atoms with E-state index >= 15 is 0 Å². The lowest BCUT2D eigenvalue weighted by molar-refractivity contribution is 0.362. The first-order chi connectivity index (χ1) is 7.27. The highest BCUT2D eigenvalue weighted by Crippen LogP contribution is 2.22. The zero-order valence-electron chi connectivity index (χ0n) is 8.54. The summed E-state index contributed by atoms with van der Waals surface area (Å²) in [6.07, 6.45) is 6.68. The van der Waals surface area contributed by atoms with Gasteiger partial charge in [-0.05, 0) is 24.6 Å². The SMILES string of the molecule is CC(CN)(c1ccncc1)n1cncn1. The highest BCUT2D eigenvalue weighted by atomic mass is 15.4. The van der Waals surface area contributed by atoms with Crippen LogP contribution in [0.4, 0.5) is 0 Å². The molecule has 0 aliphatic carbocycles. The maximum absolute atomic E-state index is 5.82. The third-order valence-electron chi connectivity index (χ3n) is 2.62. The lowest BCUT2D eigenvalue weighted by atomic mass is 9.93. The van der Waals surface area contributed by atoms with Gasteiger partial charge < -0.3 is 5.73 Å². The Morgan fingerprint density at radius 3 is 2.60 bits per heavy atom. The van der Waals surface area contributed by atoms with Gasteiger partial charge in [-0.3, -0.25) is 4.98 Å². The Bertz CT molecular complexity index is 411. The Kier molecular flexibility index (Phi) is 2.47. The van der Waals surface area contributed by atoms with Gasteiger partial charge in [0.25, 0.3) is 0 Å². The van der Waals surface area contributed by atoms with Crippen molar-refractivity contribution in [2.75, 3.05) is 6.54 Å². The predicted molar refractivity (Wildman–Crippen MR) is 56.1 cm³/mol. The molecule has 0 amide bonds. The van der Waals surface area contributed by atoms with Gasteiger partial charge in [0.05, 0.1) is 5.54 Å². The van der Waals surface area contributed by atoms with E-state index in [1.807, 2.05) is 19.1 Å². The highest BCUT2D eigenvalue weighted by Gasteiger charge is 2.27. The number of aromatic nitrogens is 4. The molecule has 0 saturated heterocycles. The lowest BCUT2D eigenvalue weighted by Crippen LogP contribution is -2.39. The van der Waals surface area contributed by atoms with E-state index in [0.29, 0.717) is 6.54 Å². The van der Waals surface area contributed by atoms with Crippen LogP contribution in [0.1, 0.15) is 12.5 Å². The lowest BCUT2D eigenvalue weighted by Gasteiger charge is -2.28. The standard InChI is InChI=1S/C10H13N5/c1-10(6-11,15-8-13-7-14-15)9-2-4-12-5-3-9/h2-5,7-8H,6,11H2,1H3. The van der Waals surface area contributed by atoms with Gasteiger partial charge in [0.2, 0.25) is 0 Å². The summed E-state index contributed by atoms with van der Waals surface area (Å²) in [6, 6.07) is 3.88. The van der Waals surface area contributed by atoms with E-state index in [1.54, 1.807) is 23.4 Å². The molecule has 2 aromatic rings. The molecular weight excluding hydrogens is 190 g/mol. The summed E-state index contributed by atoms with van der Waals surface area (Å²) >= 11 is 0. The molecule has 5 heteroatoms. The molecule has 78 valence electrons. The van der Waals surface area contributed by atoms with Crippen molar-refractivity contribution in [2.24, 2.45) is 5.73 Å². The number of nitrogens with two attached hydrogens (primary N) is 1. The fourth-order valence-corrected chi connectivity index (χ4v) is 1.52. The van der Waals surface area contributed by atoms with Gasteiger partial charge in [0.15, 0.2) is 0 Å². The van der Waals surface area contributed by atoms with Crippen LogP contribution in [0.15, 0.2) is 37.2 Å². The van der Waals surface area contributed by atoms with Gasteiger partial charge in [0.1, 0.15) is 12.7 Å². The maximum Gasteiger partial charge on any atom is 0.137 e. The van der Waals surface area contributed by atoms with Crippen LogP contribution in [0, 0.1) is 0 Å². The molecule has 0 fully saturated rings. The first-order valence-corrected chi connectivity index (χ1v) is 4.73. The van der Waals surface area contributed by atoms with Crippen molar-refractivity contribution in [1.29, 1.82) is 0 Å². The minimum absolute atomic E-state index is 0.362. The Balaban J connectivity index is 2.47. The summed E-state index contributed by atoms with van der Waals surface area (Å²) in [7, 11) is 0. The van der Waals surface area contributed by atoms with Crippen molar-refractivity contribution < 1.29 is 0 Å². The first-order valence-electron chi connectivity index (χ1n) is 4.73. The van der Waals surface area contributed by atoms with Crippen LogP contribution in [0.3, 0.4) is 0 Å². The molecule has 0 saturated carbocycles. The van der Waals surface area contributed by atoms with Crippen molar-refractivity contribution in [3.05, 3.63) is 42.7 Å². The number of pyridine rings is 1. The molecule has 15 heavy (non-hydrogen) atoms. The van der Waals surface area contributed by atoms with Gasteiger partial charge >= 0.3 is 0 Å². The second-order valence-corrected chi connectivity index (χ2v) is 3.55. The van der Waals surface area contributed by atoms with E-state index < -0.39 is 0 Å². The third kappa shape index (κ3) is 1.61. The molecule has 2 rings (SSSR count). The zero-order valence-corrected chi connectivity index (χ0v) is 8.54. The fourth-order valence-electron chi connectivity index (χ4n) is 1.52. The van der Waals surface area contributed by atoms with Crippen molar-refractivity contribution in [3.8, 4) is 0 Å². The number of rotatable bonds is 3. The van der Waals surface area contributed by atoms with Gasteiger partial charge in [-0.2, -0.15) is 5.10 Å². The van der Waals surface area contributed by atoms with Crippen molar-refractivity contribution in [1.82, 2.24) is 19.7 Å². The minimum Gasteiger partial charge on any atom is -0.328 e. The topological polar surface area (TPSA) is 69.6 Å². The molecule has 0 aliphatic heterocycles. The molecule has 0 aliphatic rings. The molecule has 2 N–H and O–H groups in total. The van der Waals surface area contributed by atoms with Crippen LogP contribution < -0.4 is 5.73 Å². The summed E-state index contributed by atoms with van der Waals surface area (Å²) in [4.78, 5) is 7.93. The maximum atomic E-state index is 5.82. The van der Waals surface area contributed by atoms with Gasteiger partial charge in [0, 0.05) is 18.9 Å². The average Bonchev–Trinajstić information content (AvgIpc) is 2.83. The Hall–Kier alpha value is -1.75. The average molecular weight is 203 g/mol. The van der Waals surface area contributed by atoms with Crippen molar-refractivity contribution in [2.45, 2.75) is 12.5 Å². The van der Waals surface area contributed by atoms with Crippen LogP contribution in [-0.4, -0.2) is 26.3 Å². The molecule has 1 atom stereocenters. The predicted octanol–water partition coefficient (Wildman–Crippen LogP) is 0.395. The van der Waals surface area contributed by atoms with Crippen LogP contribution in [0.5, 0.6) is 0 Å². The number of nitrogens with zero attached hydrogens (tertiary/aromatic N) is 4. The molecule has 5 nitrogen and oxygen atoms in total. The smallest absolute Gasteiger partial charge is 0.137 e. The Morgan fingerprint density at radius 2 is 2.07 bits per heavy atom. The summed E-state index contributed by atoms with van der Waals surface area (Å²) in [5.74, 6) is 0. The molecular formula is C10H13N5. The van der Waals surface area contributed by atoms with Gasteiger partial charge in [-0.25, -0.2) is 9.67 Å².